The molecule has 0 atom stereocenters. The van der Waals surface area contributed by atoms with Crippen LogP contribution in [0.5, 0.6) is 0 Å². The molecule has 0 unspecified atom stereocenters. The maximum atomic E-state index is 5.56. The topological polar surface area (TPSA) is 30.5 Å². The number of allylic oxidation sites excluding steroid dienone is 4. The molecule has 1 aliphatic heterocycles. The summed E-state index contributed by atoms with van der Waals surface area (Å²) >= 11 is 0. The van der Waals surface area contributed by atoms with E-state index >= 15 is 0 Å². The standard InChI is InChI=1S/C20H35NO2/c1-3-22-20(23-4-2)17-12-10-8-6-5-7-9-11-15-19-16-13-14-18-21-19/h13-16,18,20-21H,3-12,17H2,1-2H3. The smallest absolute Gasteiger partial charge is 0.157 e. The number of dihydropyridines is 1. The van der Waals surface area contributed by atoms with Crippen molar-refractivity contribution in [2.24, 2.45) is 0 Å². The van der Waals surface area contributed by atoms with Gasteiger partial charge in [0.15, 0.2) is 6.29 Å². The fourth-order valence-electron chi connectivity index (χ4n) is 2.72. The van der Waals surface area contributed by atoms with Crippen molar-refractivity contribution in [3.8, 4) is 0 Å². The highest BCUT2D eigenvalue weighted by Crippen LogP contribution is 2.13. The Labute approximate surface area is 142 Å². The molecular weight excluding hydrogens is 286 g/mol. The molecule has 1 aliphatic rings. The van der Waals surface area contributed by atoms with Crippen molar-refractivity contribution in [1.29, 1.82) is 0 Å². The van der Waals surface area contributed by atoms with Gasteiger partial charge >= 0.3 is 0 Å². The lowest BCUT2D eigenvalue weighted by atomic mass is 10.1. The third kappa shape index (κ3) is 11.2. The zero-order valence-corrected chi connectivity index (χ0v) is 15.1. The van der Waals surface area contributed by atoms with E-state index in [1.807, 2.05) is 26.1 Å². The molecule has 132 valence electrons. The molecule has 1 rings (SSSR count). The summed E-state index contributed by atoms with van der Waals surface area (Å²) in [6.07, 6.45) is 21.9. The van der Waals surface area contributed by atoms with Crippen molar-refractivity contribution in [3.63, 3.8) is 0 Å². The van der Waals surface area contributed by atoms with Gasteiger partial charge in [-0.3, -0.25) is 0 Å². The number of hydrogen-bond acceptors (Lipinski definition) is 3. The van der Waals surface area contributed by atoms with Gasteiger partial charge in [0.1, 0.15) is 0 Å². The number of rotatable bonds is 14. The van der Waals surface area contributed by atoms with Crippen molar-refractivity contribution >= 4 is 0 Å². The Morgan fingerprint density at radius 3 is 2.17 bits per heavy atom. The van der Waals surface area contributed by atoms with Crippen LogP contribution in [0.1, 0.15) is 71.6 Å². The predicted molar refractivity (Wildman–Crippen MR) is 98.1 cm³/mol. The minimum absolute atomic E-state index is 0.00956. The van der Waals surface area contributed by atoms with Crippen molar-refractivity contribution in [3.05, 3.63) is 36.2 Å². The number of hydrogen-bond donors (Lipinski definition) is 1. The van der Waals surface area contributed by atoms with Gasteiger partial charge in [-0.05, 0) is 51.7 Å². The van der Waals surface area contributed by atoms with E-state index in [9.17, 15) is 0 Å². The van der Waals surface area contributed by atoms with Crippen molar-refractivity contribution in [2.45, 2.75) is 77.9 Å². The highest BCUT2D eigenvalue weighted by atomic mass is 16.7. The monoisotopic (exact) mass is 321 g/mol. The summed E-state index contributed by atoms with van der Waals surface area (Å²) in [4.78, 5) is 0. The van der Waals surface area contributed by atoms with Crippen LogP contribution >= 0.6 is 0 Å². The van der Waals surface area contributed by atoms with Gasteiger partial charge < -0.3 is 14.8 Å². The predicted octanol–water partition coefficient (Wildman–Crippen LogP) is 5.45. The molecule has 0 aliphatic carbocycles. The molecule has 23 heavy (non-hydrogen) atoms. The van der Waals surface area contributed by atoms with Crippen molar-refractivity contribution in [2.75, 3.05) is 13.2 Å². The third-order valence-corrected chi connectivity index (χ3v) is 3.95. The van der Waals surface area contributed by atoms with E-state index in [2.05, 4.69) is 23.5 Å². The van der Waals surface area contributed by atoms with E-state index in [0.29, 0.717) is 0 Å². The van der Waals surface area contributed by atoms with Crippen LogP contribution in [0.2, 0.25) is 0 Å². The van der Waals surface area contributed by atoms with Gasteiger partial charge in [0.2, 0.25) is 0 Å². The molecule has 0 saturated heterocycles. The molecule has 1 heterocycles. The summed E-state index contributed by atoms with van der Waals surface area (Å²) in [5.74, 6) is 0. The molecule has 0 fully saturated rings. The zero-order chi connectivity index (χ0) is 16.6. The lowest BCUT2D eigenvalue weighted by Crippen LogP contribution is -2.17. The molecule has 0 aromatic rings. The van der Waals surface area contributed by atoms with Crippen molar-refractivity contribution in [1.82, 2.24) is 5.32 Å². The minimum Gasteiger partial charge on any atom is -0.362 e. The largest absolute Gasteiger partial charge is 0.362 e. The molecule has 0 aromatic carbocycles. The molecule has 1 N–H and O–H groups in total. The first kappa shape index (κ1) is 20.0. The average molecular weight is 322 g/mol. The molecule has 0 saturated carbocycles. The summed E-state index contributed by atoms with van der Waals surface area (Å²) in [5.41, 5.74) is 1.23. The quantitative estimate of drug-likeness (QED) is 0.341. The molecule has 3 nitrogen and oxygen atoms in total. The lowest BCUT2D eigenvalue weighted by molar-refractivity contribution is -0.140. The first-order valence-corrected chi connectivity index (χ1v) is 9.40. The van der Waals surface area contributed by atoms with E-state index in [4.69, 9.17) is 9.47 Å². The maximum Gasteiger partial charge on any atom is 0.157 e. The van der Waals surface area contributed by atoms with Crippen LogP contribution in [0.4, 0.5) is 0 Å². The first-order chi connectivity index (χ1) is 11.4. The van der Waals surface area contributed by atoms with Crippen molar-refractivity contribution < 1.29 is 9.47 Å². The molecule has 3 heteroatoms. The van der Waals surface area contributed by atoms with Gasteiger partial charge in [0.25, 0.3) is 0 Å². The van der Waals surface area contributed by atoms with Crippen LogP contribution < -0.4 is 5.32 Å². The van der Waals surface area contributed by atoms with Gasteiger partial charge in [0.05, 0.1) is 0 Å². The average Bonchev–Trinajstić information content (AvgIpc) is 2.58. The minimum atomic E-state index is 0.00956. The van der Waals surface area contributed by atoms with E-state index in [1.54, 1.807) is 0 Å². The van der Waals surface area contributed by atoms with Gasteiger partial charge in [-0.15, -0.1) is 0 Å². The Hall–Kier alpha value is -1.06. The second-order valence-electron chi connectivity index (χ2n) is 5.91. The summed E-state index contributed by atoms with van der Waals surface area (Å²) in [7, 11) is 0. The third-order valence-electron chi connectivity index (χ3n) is 3.95. The number of ether oxygens (including phenoxy) is 2. The fourth-order valence-corrected chi connectivity index (χ4v) is 2.72. The number of unbranched alkanes of at least 4 members (excludes halogenated alkanes) is 7. The molecule has 0 aromatic heterocycles. The second-order valence-corrected chi connectivity index (χ2v) is 5.91. The first-order valence-electron chi connectivity index (χ1n) is 9.40. The Morgan fingerprint density at radius 1 is 0.913 bits per heavy atom. The van der Waals surface area contributed by atoms with E-state index in [-0.39, 0.29) is 6.29 Å². The van der Waals surface area contributed by atoms with Crippen LogP contribution in [0.3, 0.4) is 0 Å². The van der Waals surface area contributed by atoms with E-state index < -0.39 is 0 Å². The van der Waals surface area contributed by atoms with Crippen LogP contribution in [-0.2, 0) is 9.47 Å². The number of nitrogens with one attached hydrogen (secondary N) is 1. The molecule has 0 bridgehead atoms. The highest BCUT2D eigenvalue weighted by Gasteiger charge is 2.06. The molecular formula is C20H35NO2. The summed E-state index contributed by atoms with van der Waals surface area (Å²) in [5, 5.41) is 3.24. The fraction of sp³-hybridized carbons (Fsp3) is 0.700. The lowest BCUT2D eigenvalue weighted by Gasteiger charge is -2.16. The summed E-state index contributed by atoms with van der Waals surface area (Å²) < 4.78 is 11.1. The zero-order valence-electron chi connectivity index (χ0n) is 15.1. The van der Waals surface area contributed by atoms with Crippen LogP contribution in [0, 0.1) is 0 Å². The van der Waals surface area contributed by atoms with Crippen LogP contribution in [-0.4, -0.2) is 19.5 Å². The van der Waals surface area contributed by atoms with Gasteiger partial charge in [-0.1, -0.05) is 44.3 Å². The second kappa shape index (κ2) is 14.5. The van der Waals surface area contributed by atoms with Gasteiger partial charge in [0, 0.05) is 25.1 Å². The van der Waals surface area contributed by atoms with Crippen LogP contribution in [0.15, 0.2) is 36.2 Å². The Balaban J connectivity index is 1.87. The SMILES string of the molecule is CCOC(CCCCCCCCCC=C1C=CC=CN1)OCC. The summed E-state index contributed by atoms with van der Waals surface area (Å²) in [6, 6.07) is 0. The Bertz CT molecular complexity index is 355. The molecule has 0 spiro atoms. The maximum absolute atomic E-state index is 5.56. The van der Waals surface area contributed by atoms with Gasteiger partial charge in [-0.25, -0.2) is 0 Å². The highest BCUT2D eigenvalue weighted by molar-refractivity contribution is 5.26. The van der Waals surface area contributed by atoms with Crippen LogP contribution in [0.25, 0.3) is 0 Å². The molecule has 0 amide bonds. The molecule has 0 radical (unpaired) electrons. The van der Waals surface area contributed by atoms with E-state index in [0.717, 1.165) is 19.6 Å². The Morgan fingerprint density at radius 2 is 1.57 bits per heavy atom. The van der Waals surface area contributed by atoms with E-state index in [1.165, 1.54) is 57.1 Å². The summed E-state index contributed by atoms with van der Waals surface area (Å²) in [6.45, 7) is 5.53. The van der Waals surface area contributed by atoms with Gasteiger partial charge in [-0.2, -0.15) is 0 Å². The Kier molecular flexibility index (Phi) is 12.6. The normalized spacial score (nSPS) is 15.5.